The van der Waals surface area contributed by atoms with Gasteiger partial charge < -0.3 is 10.6 Å². The van der Waals surface area contributed by atoms with Crippen LogP contribution in [0.2, 0.25) is 10.0 Å². The number of rotatable bonds is 5. The maximum absolute atomic E-state index is 12.2. The number of anilines is 1. The molecule has 0 aromatic heterocycles. The maximum atomic E-state index is 12.2. The molecule has 0 fully saturated rings. The zero-order valence-electron chi connectivity index (χ0n) is 10.9. The van der Waals surface area contributed by atoms with Crippen LogP contribution in [0.3, 0.4) is 0 Å². The van der Waals surface area contributed by atoms with Crippen LogP contribution in [-0.4, -0.2) is 40.0 Å². The van der Waals surface area contributed by atoms with E-state index in [4.69, 9.17) is 28.9 Å². The molecule has 0 aliphatic carbocycles. The van der Waals surface area contributed by atoms with Gasteiger partial charge in [-0.3, -0.25) is 0 Å². The predicted molar refractivity (Wildman–Crippen MR) is 79.2 cm³/mol. The molecular weight excluding hydrogens is 309 g/mol. The SMILES string of the molecule is CC(CN(C)C)NS(=O)(=O)c1c(N)cc(Cl)cc1Cl. The number of halogens is 2. The van der Waals surface area contributed by atoms with Crippen molar-refractivity contribution in [2.24, 2.45) is 0 Å². The van der Waals surface area contributed by atoms with Crippen molar-refractivity contribution in [2.75, 3.05) is 26.4 Å². The van der Waals surface area contributed by atoms with Crippen molar-refractivity contribution in [3.8, 4) is 0 Å². The van der Waals surface area contributed by atoms with Gasteiger partial charge in [0, 0.05) is 17.6 Å². The molecule has 0 amide bonds. The smallest absolute Gasteiger partial charge is 0.244 e. The molecule has 1 atom stereocenters. The molecule has 1 unspecified atom stereocenters. The van der Waals surface area contributed by atoms with Crippen LogP contribution in [0.5, 0.6) is 0 Å². The van der Waals surface area contributed by atoms with Crippen molar-refractivity contribution in [2.45, 2.75) is 17.9 Å². The lowest BCUT2D eigenvalue weighted by atomic mass is 10.3. The Hall–Kier alpha value is -0.530. The van der Waals surface area contributed by atoms with Gasteiger partial charge in [0.15, 0.2) is 0 Å². The summed E-state index contributed by atoms with van der Waals surface area (Å²) < 4.78 is 27.0. The van der Waals surface area contributed by atoms with E-state index in [9.17, 15) is 8.42 Å². The summed E-state index contributed by atoms with van der Waals surface area (Å²) in [4.78, 5) is 1.74. The molecule has 8 heteroatoms. The first kappa shape index (κ1) is 16.5. The molecule has 108 valence electrons. The topological polar surface area (TPSA) is 75.4 Å². The van der Waals surface area contributed by atoms with Gasteiger partial charge in [0.05, 0.1) is 10.7 Å². The van der Waals surface area contributed by atoms with Crippen molar-refractivity contribution >= 4 is 38.9 Å². The van der Waals surface area contributed by atoms with Crippen molar-refractivity contribution in [1.29, 1.82) is 0 Å². The Labute approximate surface area is 123 Å². The number of hydrogen-bond donors (Lipinski definition) is 2. The van der Waals surface area contributed by atoms with Crippen LogP contribution >= 0.6 is 23.2 Å². The number of sulfonamides is 1. The number of nitrogen functional groups attached to an aromatic ring is 1. The monoisotopic (exact) mass is 325 g/mol. The lowest BCUT2D eigenvalue weighted by Crippen LogP contribution is -2.39. The third-order valence-corrected chi connectivity index (χ3v) is 4.64. The van der Waals surface area contributed by atoms with Gasteiger partial charge in [-0.15, -0.1) is 0 Å². The second kappa shape index (κ2) is 6.28. The summed E-state index contributed by atoms with van der Waals surface area (Å²) in [6, 6.07) is 2.44. The molecule has 3 N–H and O–H groups in total. The Bertz CT molecular complexity index is 538. The lowest BCUT2D eigenvalue weighted by molar-refractivity contribution is 0.370. The van der Waals surface area contributed by atoms with Crippen molar-refractivity contribution < 1.29 is 8.42 Å². The minimum atomic E-state index is -3.78. The minimum absolute atomic E-state index is 0.00885. The Balaban J connectivity index is 3.08. The summed E-state index contributed by atoms with van der Waals surface area (Å²) in [6.45, 7) is 2.32. The summed E-state index contributed by atoms with van der Waals surface area (Å²) >= 11 is 11.7. The van der Waals surface area contributed by atoms with Crippen LogP contribution in [-0.2, 0) is 10.0 Å². The van der Waals surface area contributed by atoms with Crippen LogP contribution in [0.25, 0.3) is 0 Å². The summed E-state index contributed by atoms with van der Waals surface area (Å²) in [5, 5.41) is 0.303. The first-order valence-corrected chi connectivity index (χ1v) is 7.79. The standard InChI is InChI=1S/C11H17Cl2N3O2S/c1-7(6-16(2)3)15-19(17,18)11-9(13)4-8(12)5-10(11)14/h4-5,7,15H,6,14H2,1-3H3. The van der Waals surface area contributed by atoms with Gasteiger partial charge in [0.25, 0.3) is 0 Å². The highest BCUT2D eigenvalue weighted by atomic mass is 35.5. The zero-order valence-corrected chi connectivity index (χ0v) is 13.3. The predicted octanol–water partition coefficient (Wildman–Crippen LogP) is 1.80. The maximum Gasteiger partial charge on any atom is 0.244 e. The van der Waals surface area contributed by atoms with E-state index in [1.807, 2.05) is 19.0 Å². The highest BCUT2D eigenvalue weighted by Gasteiger charge is 2.24. The highest BCUT2D eigenvalue weighted by Crippen LogP contribution is 2.31. The van der Waals surface area contributed by atoms with Gasteiger partial charge in [-0.1, -0.05) is 23.2 Å². The molecule has 0 aliphatic heterocycles. The Morgan fingerprint density at radius 2 is 1.95 bits per heavy atom. The van der Waals surface area contributed by atoms with E-state index in [0.29, 0.717) is 11.6 Å². The average Bonchev–Trinajstić information content (AvgIpc) is 2.10. The van der Waals surface area contributed by atoms with Gasteiger partial charge in [-0.25, -0.2) is 13.1 Å². The van der Waals surface area contributed by atoms with E-state index < -0.39 is 10.0 Å². The van der Waals surface area contributed by atoms with Gasteiger partial charge in [0.1, 0.15) is 4.90 Å². The number of likely N-dealkylation sites (N-methyl/N-ethyl adjacent to an activating group) is 1. The van der Waals surface area contributed by atoms with Gasteiger partial charge >= 0.3 is 0 Å². The lowest BCUT2D eigenvalue weighted by Gasteiger charge is -2.19. The number of hydrogen-bond acceptors (Lipinski definition) is 4. The summed E-state index contributed by atoms with van der Waals surface area (Å²) in [7, 11) is -0.0643. The molecule has 1 aromatic rings. The summed E-state index contributed by atoms with van der Waals surface area (Å²) in [6.07, 6.45) is 0. The second-order valence-electron chi connectivity index (χ2n) is 4.59. The van der Waals surface area contributed by atoms with E-state index >= 15 is 0 Å². The fraction of sp³-hybridized carbons (Fsp3) is 0.455. The third kappa shape index (κ3) is 4.50. The molecule has 0 radical (unpaired) electrons. The molecule has 0 saturated heterocycles. The highest BCUT2D eigenvalue weighted by molar-refractivity contribution is 7.89. The number of nitrogens with two attached hydrogens (primary N) is 1. The Kier molecular flexibility index (Phi) is 5.46. The normalized spacial score (nSPS) is 13.8. The fourth-order valence-corrected chi connectivity index (χ4v) is 3.99. The number of nitrogens with one attached hydrogen (secondary N) is 1. The van der Waals surface area contributed by atoms with Crippen molar-refractivity contribution in [3.05, 3.63) is 22.2 Å². The van der Waals surface area contributed by atoms with E-state index in [-0.39, 0.29) is 21.6 Å². The van der Waals surface area contributed by atoms with E-state index in [1.54, 1.807) is 6.92 Å². The van der Waals surface area contributed by atoms with Gasteiger partial charge in [-0.2, -0.15) is 0 Å². The fourth-order valence-electron chi connectivity index (χ4n) is 1.77. The van der Waals surface area contributed by atoms with Crippen LogP contribution in [0.4, 0.5) is 5.69 Å². The van der Waals surface area contributed by atoms with Crippen molar-refractivity contribution in [3.63, 3.8) is 0 Å². The van der Waals surface area contributed by atoms with Gasteiger partial charge in [0.2, 0.25) is 10.0 Å². The number of nitrogens with zero attached hydrogens (tertiary/aromatic N) is 1. The van der Waals surface area contributed by atoms with Crippen LogP contribution < -0.4 is 10.5 Å². The minimum Gasteiger partial charge on any atom is -0.398 e. The molecule has 0 saturated carbocycles. The molecular formula is C11H17Cl2N3O2S. The number of benzene rings is 1. The van der Waals surface area contributed by atoms with Crippen LogP contribution in [0.1, 0.15) is 6.92 Å². The first-order chi connectivity index (χ1) is 8.63. The van der Waals surface area contributed by atoms with E-state index in [2.05, 4.69) is 4.72 Å². The van der Waals surface area contributed by atoms with Gasteiger partial charge in [-0.05, 0) is 33.2 Å². The molecule has 0 aliphatic rings. The zero-order chi connectivity index (χ0) is 14.8. The first-order valence-electron chi connectivity index (χ1n) is 5.55. The van der Waals surface area contributed by atoms with Crippen LogP contribution in [0, 0.1) is 0 Å². The molecule has 1 aromatic carbocycles. The molecule has 0 heterocycles. The molecule has 1 rings (SSSR count). The second-order valence-corrected chi connectivity index (χ2v) is 7.09. The molecule has 5 nitrogen and oxygen atoms in total. The van der Waals surface area contributed by atoms with E-state index in [1.165, 1.54) is 12.1 Å². The largest absolute Gasteiger partial charge is 0.398 e. The molecule has 0 spiro atoms. The summed E-state index contributed by atoms with van der Waals surface area (Å²) in [5.41, 5.74) is 5.72. The molecule has 0 bridgehead atoms. The quantitative estimate of drug-likeness (QED) is 0.809. The Morgan fingerprint density at radius 1 is 1.37 bits per heavy atom. The van der Waals surface area contributed by atoms with Crippen molar-refractivity contribution in [1.82, 2.24) is 9.62 Å². The Morgan fingerprint density at radius 3 is 2.42 bits per heavy atom. The molecule has 19 heavy (non-hydrogen) atoms. The average molecular weight is 326 g/mol. The van der Waals surface area contributed by atoms with E-state index in [0.717, 1.165) is 0 Å². The van der Waals surface area contributed by atoms with Crippen LogP contribution in [0.15, 0.2) is 17.0 Å². The summed E-state index contributed by atoms with van der Waals surface area (Å²) in [5.74, 6) is 0. The third-order valence-electron chi connectivity index (χ3n) is 2.30.